The van der Waals surface area contributed by atoms with Gasteiger partial charge in [0.15, 0.2) is 0 Å². The van der Waals surface area contributed by atoms with E-state index in [0.29, 0.717) is 3.91 Å². The zero-order chi connectivity index (χ0) is 15.9. The van der Waals surface area contributed by atoms with Crippen LogP contribution in [0.25, 0.3) is 0 Å². The van der Waals surface area contributed by atoms with E-state index in [1.165, 1.54) is 0 Å². The molecule has 0 aliphatic heterocycles. The van der Waals surface area contributed by atoms with Gasteiger partial charge in [0.25, 0.3) is 0 Å². The normalized spacial score (nSPS) is 15.8. The molecule has 116 valence electrons. The maximum atomic E-state index is 6.15. The van der Waals surface area contributed by atoms with Crippen molar-refractivity contribution in [2.75, 3.05) is 14.2 Å². The van der Waals surface area contributed by atoms with Crippen LogP contribution in [0.4, 0.5) is 0 Å². The molecule has 0 unspecified atom stereocenters. The maximum Gasteiger partial charge on any atom is 0.332 e. The highest BCUT2D eigenvalue weighted by Gasteiger charge is 2.71. The van der Waals surface area contributed by atoms with Crippen molar-refractivity contribution in [3.8, 4) is 0 Å². The first-order chi connectivity index (χ1) is 8.12. The van der Waals surface area contributed by atoms with Gasteiger partial charge in [-0.05, 0) is 10.5 Å². The van der Waals surface area contributed by atoms with Crippen molar-refractivity contribution in [2.24, 2.45) is 0 Å². The highest BCUT2D eigenvalue weighted by Crippen LogP contribution is 2.59. The second-order valence-electron chi connectivity index (χ2n) is 8.85. The monoisotopic (exact) mass is 336 g/mol. The minimum atomic E-state index is -2.20. The molecule has 0 aliphatic rings. The summed E-state index contributed by atoms with van der Waals surface area (Å²) in [5.41, 5.74) is 0. The molecule has 0 aromatic rings. The van der Waals surface area contributed by atoms with Crippen LogP contribution in [0.15, 0.2) is 0 Å². The molecule has 2 nitrogen and oxygen atoms in total. The summed E-state index contributed by atoms with van der Waals surface area (Å²) in [4.78, 5) is 0. The van der Waals surface area contributed by atoms with Gasteiger partial charge in [-0.3, -0.25) is 0 Å². The Labute approximate surface area is 125 Å². The third kappa shape index (κ3) is 2.89. The fraction of sp³-hybridized carbons (Fsp3) is 1.00. The van der Waals surface area contributed by atoms with E-state index in [4.69, 9.17) is 8.85 Å². The summed E-state index contributed by atoms with van der Waals surface area (Å²) in [5.74, 6) is 0. The standard InChI is InChI=1S/C13H36O2Si4/c1-14-19(12,15-2)13(16(3,4)5,17(6,7)8)18(9,10)11/h1-12H3. The van der Waals surface area contributed by atoms with Crippen LogP contribution in [0, 0.1) is 0 Å². The molecule has 0 fully saturated rings. The van der Waals surface area contributed by atoms with Crippen molar-refractivity contribution >= 4 is 32.8 Å². The van der Waals surface area contributed by atoms with Gasteiger partial charge in [0, 0.05) is 38.4 Å². The smallest absolute Gasteiger partial charge is 0.332 e. The van der Waals surface area contributed by atoms with Gasteiger partial charge in [-0.15, -0.1) is 0 Å². The molecular weight excluding hydrogens is 300 g/mol. The maximum absolute atomic E-state index is 6.15. The molecule has 0 bridgehead atoms. The summed E-state index contributed by atoms with van der Waals surface area (Å²) in [6, 6.07) is 0. The van der Waals surface area contributed by atoms with Gasteiger partial charge < -0.3 is 8.85 Å². The van der Waals surface area contributed by atoms with Crippen molar-refractivity contribution < 1.29 is 8.85 Å². The van der Waals surface area contributed by atoms with Gasteiger partial charge in [0.05, 0.1) is 0 Å². The zero-order valence-corrected chi connectivity index (χ0v) is 19.3. The van der Waals surface area contributed by atoms with E-state index in [-0.39, 0.29) is 0 Å². The average molecular weight is 337 g/mol. The molecule has 6 heteroatoms. The second kappa shape index (κ2) is 5.53. The summed E-state index contributed by atoms with van der Waals surface area (Å²) in [7, 11) is -2.79. The van der Waals surface area contributed by atoms with E-state index < -0.39 is 32.8 Å². The molecule has 0 atom stereocenters. The van der Waals surface area contributed by atoms with Crippen molar-refractivity contribution in [2.45, 2.75) is 69.4 Å². The Morgan fingerprint density at radius 1 is 0.526 bits per heavy atom. The molecule has 0 saturated heterocycles. The predicted molar refractivity (Wildman–Crippen MR) is 98.4 cm³/mol. The fourth-order valence-corrected chi connectivity index (χ4v) is 51.8. The summed E-state index contributed by atoms with van der Waals surface area (Å²) in [6.07, 6.45) is 0. The van der Waals surface area contributed by atoms with E-state index >= 15 is 0 Å². The molecule has 0 aromatic heterocycles. The van der Waals surface area contributed by atoms with Crippen molar-refractivity contribution in [3.05, 3.63) is 0 Å². The van der Waals surface area contributed by atoms with Gasteiger partial charge >= 0.3 is 8.56 Å². The highest BCUT2D eigenvalue weighted by molar-refractivity contribution is 7.27. The SMILES string of the molecule is CO[Si](C)(OC)C([Si](C)(C)C)([Si](C)(C)C)[Si](C)(C)C. The van der Waals surface area contributed by atoms with Gasteiger partial charge in [0.1, 0.15) is 0 Å². The lowest BCUT2D eigenvalue weighted by Gasteiger charge is -2.64. The van der Waals surface area contributed by atoms with Crippen LogP contribution >= 0.6 is 0 Å². The van der Waals surface area contributed by atoms with Gasteiger partial charge in [-0.2, -0.15) is 0 Å². The minimum Gasteiger partial charge on any atom is -0.398 e. The Morgan fingerprint density at radius 3 is 0.789 bits per heavy atom. The topological polar surface area (TPSA) is 18.5 Å². The van der Waals surface area contributed by atoms with E-state index in [1.54, 1.807) is 0 Å². The van der Waals surface area contributed by atoms with Crippen LogP contribution < -0.4 is 0 Å². The largest absolute Gasteiger partial charge is 0.398 e. The van der Waals surface area contributed by atoms with E-state index in [9.17, 15) is 0 Å². The van der Waals surface area contributed by atoms with Crippen LogP contribution in [0.2, 0.25) is 69.4 Å². The first-order valence-electron chi connectivity index (χ1n) is 7.22. The van der Waals surface area contributed by atoms with Gasteiger partial charge in [-0.1, -0.05) is 58.9 Å². The molecule has 0 aromatic carbocycles. The van der Waals surface area contributed by atoms with Crippen LogP contribution in [0.3, 0.4) is 0 Å². The lowest BCUT2D eigenvalue weighted by atomic mass is 11.6. The summed E-state index contributed by atoms with van der Waals surface area (Å²) in [5, 5.41) is 0. The van der Waals surface area contributed by atoms with E-state index in [0.717, 1.165) is 0 Å². The second-order valence-corrected chi connectivity index (χ2v) is 31.1. The molecule has 19 heavy (non-hydrogen) atoms. The molecule has 0 aliphatic carbocycles. The molecule has 0 heterocycles. The molecule has 0 amide bonds. The quantitative estimate of drug-likeness (QED) is 0.653. The Hall–Kier alpha value is 0.788. The Bertz CT molecular complexity index is 270. The molecule has 0 saturated carbocycles. The predicted octanol–water partition coefficient (Wildman–Crippen LogP) is 4.72. The Kier molecular flexibility index (Phi) is 5.76. The first kappa shape index (κ1) is 19.8. The van der Waals surface area contributed by atoms with Gasteiger partial charge in [-0.25, -0.2) is 0 Å². The van der Waals surface area contributed by atoms with Crippen LogP contribution in [-0.4, -0.2) is 47.0 Å². The molecule has 0 radical (unpaired) electrons. The first-order valence-corrected chi connectivity index (χ1v) is 20.0. The average Bonchev–Trinajstić information content (AvgIpc) is 2.10. The molecule has 0 N–H and O–H groups in total. The highest BCUT2D eigenvalue weighted by atomic mass is 28.5. The summed E-state index contributed by atoms with van der Waals surface area (Å²) in [6.45, 7) is 25.1. The Morgan fingerprint density at radius 2 is 0.737 bits per heavy atom. The fourth-order valence-electron chi connectivity index (χ4n) is 5.81. The zero-order valence-electron chi connectivity index (χ0n) is 15.3. The minimum absolute atomic E-state index is 0.378. The van der Waals surface area contributed by atoms with E-state index in [2.05, 4.69) is 65.5 Å². The van der Waals surface area contributed by atoms with E-state index in [1.807, 2.05) is 14.2 Å². The molecule has 0 spiro atoms. The molecular formula is C13H36O2Si4. The lowest BCUT2D eigenvalue weighted by Crippen LogP contribution is -2.77. The third-order valence-corrected chi connectivity index (χ3v) is 38.8. The van der Waals surface area contributed by atoms with Gasteiger partial charge in [0.2, 0.25) is 0 Å². The van der Waals surface area contributed by atoms with Crippen molar-refractivity contribution in [3.63, 3.8) is 0 Å². The number of hydrogen-bond donors (Lipinski definition) is 0. The number of rotatable bonds is 6. The van der Waals surface area contributed by atoms with Crippen LogP contribution in [0.1, 0.15) is 0 Å². The van der Waals surface area contributed by atoms with Crippen LogP contribution in [0.5, 0.6) is 0 Å². The number of hydrogen-bond acceptors (Lipinski definition) is 2. The lowest BCUT2D eigenvalue weighted by molar-refractivity contribution is 0.246. The summed E-state index contributed by atoms with van der Waals surface area (Å²) >= 11 is 0. The molecule has 0 rings (SSSR count). The van der Waals surface area contributed by atoms with Crippen LogP contribution in [-0.2, 0) is 8.85 Å². The van der Waals surface area contributed by atoms with Crippen molar-refractivity contribution in [1.82, 2.24) is 0 Å². The van der Waals surface area contributed by atoms with Crippen molar-refractivity contribution in [1.29, 1.82) is 0 Å². The Balaban J connectivity index is 6.61. The third-order valence-electron chi connectivity index (χ3n) is 4.84. The summed E-state index contributed by atoms with van der Waals surface area (Å²) < 4.78 is 12.7.